The van der Waals surface area contributed by atoms with Gasteiger partial charge in [-0.05, 0) is 31.4 Å². The van der Waals surface area contributed by atoms with Crippen LogP contribution in [0.15, 0.2) is 41.7 Å². The first-order valence-electron chi connectivity index (χ1n) is 11.2. The summed E-state index contributed by atoms with van der Waals surface area (Å²) in [4.78, 5) is 26.9. The normalized spacial score (nSPS) is 14.8. The number of aromatic nitrogens is 8. The third kappa shape index (κ3) is 3.00. The first kappa shape index (κ1) is 20.5. The van der Waals surface area contributed by atoms with Crippen LogP contribution in [0.2, 0.25) is 0 Å². The van der Waals surface area contributed by atoms with Gasteiger partial charge in [0.25, 0.3) is 5.56 Å². The van der Waals surface area contributed by atoms with E-state index in [4.69, 9.17) is 15.8 Å². The molecule has 1 aromatic carbocycles. The second-order valence-electron chi connectivity index (χ2n) is 8.59. The average Bonchev–Trinajstić information content (AvgIpc) is 3.44. The number of aryl methyl sites for hydroxylation is 1. The van der Waals surface area contributed by atoms with Crippen LogP contribution in [0.3, 0.4) is 0 Å². The molecule has 0 saturated heterocycles. The van der Waals surface area contributed by atoms with E-state index in [1.54, 1.807) is 32.3 Å². The molecule has 6 rings (SSSR count). The van der Waals surface area contributed by atoms with Crippen LogP contribution in [0.1, 0.15) is 44.1 Å². The van der Waals surface area contributed by atoms with Gasteiger partial charge in [-0.25, -0.2) is 24.0 Å². The first-order valence-corrected chi connectivity index (χ1v) is 11.2. The summed E-state index contributed by atoms with van der Waals surface area (Å²) in [6, 6.07) is 4.08. The minimum atomic E-state index is -0.562. The lowest BCUT2D eigenvalue weighted by atomic mass is 10.1. The highest BCUT2D eigenvalue weighted by Crippen LogP contribution is 2.39. The Morgan fingerprint density at radius 3 is 2.76 bits per heavy atom. The Hall–Kier alpha value is -4.15. The maximum atomic E-state index is 14.6. The minimum Gasteiger partial charge on any atom is -0.383 e. The fourth-order valence-corrected chi connectivity index (χ4v) is 4.56. The zero-order valence-corrected chi connectivity index (χ0v) is 18.7. The van der Waals surface area contributed by atoms with E-state index in [0.29, 0.717) is 40.3 Å². The van der Waals surface area contributed by atoms with Crippen molar-refractivity contribution in [2.45, 2.75) is 38.3 Å². The van der Waals surface area contributed by atoms with Crippen LogP contribution in [-0.4, -0.2) is 39.1 Å². The summed E-state index contributed by atoms with van der Waals surface area (Å²) in [5.74, 6) is 0.276. The van der Waals surface area contributed by atoms with E-state index < -0.39 is 11.9 Å². The van der Waals surface area contributed by atoms with Crippen molar-refractivity contribution >= 4 is 27.8 Å². The van der Waals surface area contributed by atoms with Gasteiger partial charge in [-0.15, -0.1) is 0 Å². The van der Waals surface area contributed by atoms with Gasteiger partial charge in [0.15, 0.2) is 5.65 Å². The topological polar surface area (TPSA) is 122 Å². The maximum absolute atomic E-state index is 14.6. The van der Waals surface area contributed by atoms with Crippen molar-refractivity contribution in [1.82, 2.24) is 39.1 Å². The Morgan fingerprint density at radius 2 is 2.06 bits per heavy atom. The molecule has 4 heterocycles. The molecule has 0 radical (unpaired) electrons. The molecule has 4 aromatic heterocycles. The number of benzene rings is 1. The van der Waals surface area contributed by atoms with Gasteiger partial charge in [-0.3, -0.25) is 14.0 Å². The molecule has 172 valence electrons. The lowest BCUT2D eigenvalue weighted by Crippen LogP contribution is -2.29. The standard InChI is InChI=1S/C23H22FN9O/c1-3-16(21-29-15-6-4-5-14(24)17(15)23(34)32(21)13-7-8-13)33-22-18(20(25)26-11-27-22)19(30-33)12-9-28-31(2)10-12/h4-6,9-11,13,16H,3,7-8H2,1-2H3,(H2,25,26,27). The summed E-state index contributed by atoms with van der Waals surface area (Å²) >= 11 is 0. The third-order valence-corrected chi connectivity index (χ3v) is 6.29. The molecule has 5 aromatic rings. The van der Waals surface area contributed by atoms with Gasteiger partial charge in [0.1, 0.15) is 40.9 Å². The van der Waals surface area contributed by atoms with E-state index in [9.17, 15) is 9.18 Å². The molecular formula is C23H22FN9O. The Bertz CT molecular complexity index is 1630. The van der Waals surface area contributed by atoms with Crippen molar-refractivity contribution in [1.29, 1.82) is 0 Å². The molecule has 1 aliphatic rings. The largest absolute Gasteiger partial charge is 0.383 e. The molecule has 34 heavy (non-hydrogen) atoms. The van der Waals surface area contributed by atoms with Crippen LogP contribution in [0.5, 0.6) is 0 Å². The highest BCUT2D eigenvalue weighted by Gasteiger charge is 2.33. The first-order chi connectivity index (χ1) is 16.5. The average molecular weight is 459 g/mol. The summed E-state index contributed by atoms with van der Waals surface area (Å²) < 4.78 is 19.7. The molecule has 11 heteroatoms. The monoisotopic (exact) mass is 459 g/mol. The molecule has 1 saturated carbocycles. The summed E-state index contributed by atoms with van der Waals surface area (Å²) in [6.07, 6.45) is 7.22. The number of anilines is 1. The number of halogens is 1. The quantitative estimate of drug-likeness (QED) is 0.429. The summed E-state index contributed by atoms with van der Waals surface area (Å²) in [5.41, 5.74) is 8.13. The van der Waals surface area contributed by atoms with Crippen LogP contribution in [0.4, 0.5) is 10.2 Å². The molecule has 2 N–H and O–H groups in total. The molecule has 0 amide bonds. The number of rotatable bonds is 5. The number of hydrogen-bond acceptors (Lipinski definition) is 7. The highest BCUT2D eigenvalue weighted by molar-refractivity contribution is 5.98. The van der Waals surface area contributed by atoms with Crippen molar-refractivity contribution in [3.05, 3.63) is 58.9 Å². The zero-order chi connectivity index (χ0) is 23.6. The third-order valence-electron chi connectivity index (χ3n) is 6.29. The number of nitrogens with zero attached hydrogens (tertiary/aromatic N) is 8. The highest BCUT2D eigenvalue weighted by atomic mass is 19.1. The number of fused-ring (bicyclic) bond motifs is 2. The van der Waals surface area contributed by atoms with Crippen LogP contribution in [0.25, 0.3) is 33.2 Å². The maximum Gasteiger partial charge on any atom is 0.264 e. The minimum absolute atomic E-state index is 0.00706. The molecule has 1 unspecified atom stereocenters. The van der Waals surface area contributed by atoms with Crippen molar-refractivity contribution in [3.63, 3.8) is 0 Å². The second kappa shape index (κ2) is 7.44. The number of nitrogen functional groups attached to an aromatic ring is 1. The molecule has 1 aliphatic carbocycles. The SMILES string of the molecule is CCC(c1nc2cccc(F)c2c(=O)n1C1CC1)n1nc(-c2cnn(C)c2)c2c(N)ncnc21. The van der Waals surface area contributed by atoms with Gasteiger partial charge in [0.05, 0.1) is 17.1 Å². The smallest absolute Gasteiger partial charge is 0.264 e. The second-order valence-corrected chi connectivity index (χ2v) is 8.59. The van der Waals surface area contributed by atoms with E-state index in [1.165, 1.54) is 12.4 Å². The molecular weight excluding hydrogens is 437 g/mol. The van der Waals surface area contributed by atoms with Crippen molar-refractivity contribution in [3.8, 4) is 11.3 Å². The molecule has 1 atom stereocenters. The summed E-state index contributed by atoms with van der Waals surface area (Å²) in [6.45, 7) is 1.99. The molecule has 0 spiro atoms. The Morgan fingerprint density at radius 1 is 1.24 bits per heavy atom. The van der Waals surface area contributed by atoms with Crippen molar-refractivity contribution in [2.75, 3.05) is 5.73 Å². The van der Waals surface area contributed by atoms with E-state index in [2.05, 4.69) is 15.1 Å². The van der Waals surface area contributed by atoms with Crippen LogP contribution in [0, 0.1) is 5.82 Å². The van der Waals surface area contributed by atoms with E-state index in [0.717, 1.165) is 18.4 Å². The molecule has 0 aliphatic heterocycles. The Labute approximate surface area is 192 Å². The predicted molar refractivity (Wildman–Crippen MR) is 125 cm³/mol. The van der Waals surface area contributed by atoms with E-state index in [1.807, 2.05) is 20.2 Å². The van der Waals surface area contributed by atoms with Crippen LogP contribution in [-0.2, 0) is 7.05 Å². The Balaban J connectivity index is 1.64. The van der Waals surface area contributed by atoms with E-state index in [-0.39, 0.29) is 17.0 Å². The molecule has 0 bridgehead atoms. The zero-order valence-electron chi connectivity index (χ0n) is 18.7. The fraction of sp³-hybridized carbons (Fsp3) is 0.304. The van der Waals surface area contributed by atoms with Crippen LogP contribution < -0.4 is 11.3 Å². The number of hydrogen-bond donors (Lipinski definition) is 1. The van der Waals surface area contributed by atoms with Gasteiger partial charge in [-0.2, -0.15) is 10.2 Å². The van der Waals surface area contributed by atoms with Crippen molar-refractivity contribution in [2.24, 2.45) is 7.05 Å². The van der Waals surface area contributed by atoms with Crippen LogP contribution >= 0.6 is 0 Å². The van der Waals surface area contributed by atoms with Gasteiger partial charge in [0, 0.05) is 24.8 Å². The molecule has 1 fully saturated rings. The number of nitrogens with two attached hydrogens (primary N) is 1. The fourth-order valence-electron chi connectivity index (χ4n) is 4.56. The van der Waals surface area contributed by atoms with Gasteiger partial charge < -0.3 is 5.73 Å². The van der Waals surface area contributed by atoms with Crippen molar-refractivity contribution < 1.29 is 4.39 Å². The Kier molecular flexibility index (Phi) is 4.48. The summed E-state index contributed by atoms with van der Waals surface area (Å²) in [5, 5.41) is 9.76. The lowest BCUT2D eigenvalue weighted by molar-refractivity contribution is 0.460. The predicted octanol–water partition coefficient (Wildman–Crippen LogP) is 2.99. The van der Waals surface area contributed by atoms with Gasteiger partial charge in [-0.1, -0.05) is 13.0 Å². The summed E-state index contributed by atoms with van der Waals surface area (Å²) in [7, 11) is 1.82. The van der Waals surface area contributed by atoms with E-state index >= 15 is 0 Å². The lowest BCUT2D eigenvalue weighted by Gasteiger charge is -2.21. The van der Waals surface area contributed by atoms with Gasteiger partial charge in [0.2, 0.25) is 0 Å². The van der Waals surface area contributed by atoms with Gasteiger partial charge >= 0.3 is 0 Å². The molecule has 10 nitrogen and oxygen atoms in total.